The van der Waals surface area contributed by atoms with E-state index in [-0.39, 0.29) is 17.5 Å². The molecule has 1 saturated carbocycles. The van der Waals surface area contributed by atoms with Crippen LogP contribution in [0.1, 0.15) is 55.0 Å². The van der Waals surface area contributed by atoms with Crippen LogP contribution >= 0.6 is 11.6 Å². The molecule has 162 valence electrons. The molecule has 0 radical (unpaired) electrons. The Morgan fingerprint density at radius 2 is 1.80 bits per heavy atom. The van der Waals surface area contributed by atoms with Crippen molar-refractivity contribution in [3.05, 3.63) is 46.2 Å². The van der Waals surface area contributed by atoms with Gasteiger partial charge in [-0.05, 0) is 56.5 Å². The highest BCUT2D eigenvalue weighted by molar-refractivity contribution is 6.32. The molecule has 2 fully saturated rings. The molecule has 30 heavy (non-hydrogen) atoms. The molecular weight excluding hydrogens is 417 g/mol. The zero-order valence-electron chi connectivity index (χ0n) is 16.5. The first-order valence-corrected chi connectivity index (χ1v) is 10.6. The molecule has 1 aliphatic heterocycles. The molecule has 1 amide bonds. The molecule has 0 spiro atoms. The van der Waals surface area contributed by atoms with Crippen LogP contribution in [0.4, 0.5) is 18.9 Å². The van der Waals surface area contributed by atoms with Crippen LogP contribution in [-0.2, 0) is 24.1 Å². The molecule has 0 bridgehead atoms. The number of rotatable bonds is 6. The lowest BCUT2D eigenvalue weighted by Crippen LogP contribution is -2.29. The van der Waals surface area contributed by atoms with Crippen LogP contribution in [0, 0.1) is 0 Å². The van der Waals surface area contributed by atoms with Crippen molar-refractivity contribution in [1.29, 1.82) is 0 Å². The zero-order chi connectivity index (χ0) is 21.3. The molecule has 0 unspecified atom stereocenters. The fraction of sp³-hybridized carbons (Fsp3) is 0.524. The Morgan fingerprint density at radius 1 is 1.13 bits per heavy atom. The lowest BCUT2D eigenvalue weighted by molar-refractivity contribution is -0.141. The van der Waals surface area contributed by atoms with Gasteiger partial charge >= 0.3 is 6.18 Å². The minimum absolute atomic E-state index is 0.0667. The van der Waals surface area contributed by atoms with Gasteiger partial charge in [0.15, 0.2) is 5.69 Å². The summed E-state index contributed by atoms with van der Waals surface area (Å²) in [6.45, 7) is 2.78. The largest absolute Gasteiger partial charge is 0.436 e. The molecule has 5 nitrogen and oxygen atoms in total. The molecule has 0 atom stereocenters. The lowest BCUT2D eigenvalue weighted by Gasteiger charge is -2.26. The number of piperidine rings is 1. The number of benzene rings is 1. The van der Waals surface area contributed by atoms with Gasteiger partial charge in [0.1, 0.15) is 6.54 Å². The van der Waals surface area contributed by atoms with Crippen LogP contribution in [0.2, 0.25) is 5.02 Å². The third-order valence-corrected chi connectivity index (χ3v) is 5.92. The molecule has 1 aliphatic carbocycles. The number of halogens is 4. The first kappa shape index (κ1) is 21.2. The van der Waals surface area contributed by atoms with Gasteiger partial charge < -0.3 is 5.32 Å². The molecule has 1 saturated heterocycles. The molecule has 1 aromatic carbocycles. The minimum Gasteiger partial charge on any atom is -0.324 e. The van der Waals surface area contributed by atoms with E-state index in [1.54, 1.807) is 0 Å². The smallest absolute Gasteiger partial charge is 0.324 e. The van der Waals surface area contributed by atoms with Gasteiger partial charge in [-0.25, -0.2) is 0 Å². The number of hydrogen-bond donors (Lipinski definition) is 1. The predicted octanol–water partition coefficient (Wildman–Crippen LogP) is 5.06. The monoisotopic (exact) mass is 440 g/mol. The second kappa shape index (κ2) is 8.59. The number of likely N-dealkylation sites (tertiary alicyclic amines) is 1. The average molecular weight is 441 g/mol. The second-order valence-electron chi connectivity index (χ2n) is 8.06. The van der Waals surface area contributed by atoms with Crippen molar-refractivity contribution in [3.8, 4) is 0 Å². The van der Waals surface area contributed by atoms with Crippen LogP contribution < -0.4 is 5.32 Å². The molecule has 9 heteroatoms. The summed E-state index contributed by atoms with van der Waals surface area (Å²) in [5.41, 5.74) is 0.946. The summed E-state index contributed by atoms with van der Waals surface area (Å²) in [4.78, 5) is 14.9. The number of alkyl halides is 3. The van der Waals surface area contributed by atoms with Crippen molar-refractivity contribution >= 4 is 23.2 Å². The first-order chi connectivity index (χ1) is 14.3. The van der Waals surface area contributed by atoms with E-state index in [9.17, 15) is 18.0 Å². The van der Waals surface area contributed by atoms with Crippen LogP contribution in [0.3, 0.4) is 0 Å². The summed E-state index contributed by atoms with van der Waals surface area (Å²) in [7, 11) is 0. The Hall–Kier alpha value is -2.06. The number of carbonyl (C=O) groups excluding carboxylic acids is 1. The molecule has 2 aliphatic rings. The van der Waals surface area contributed by atoms with E-state index in [0.29, 0.717) is 11.4 Å². The number of hydrogen-bond acceptors (Lipinski definition) is 3. The second-order valence-corrected chi connectivity index (χ2v) is 8.44. The van der Waals surface area contributed by atoms with Gasteiger partial charge in [-0.2, -0.15) is 18.3 Å². The summed E-state index contributed by atoms with van der Waals surface area (Å²) in [6.07, 6.45) is 0.600. The normalized spacial score (nSPS) is 17.9. The van der Waals surface area contributed by atoms with Gasteiger partial charge in [-0.1, -0.05) is 30.2 Å². The highest BCUT2D eigenvalue weighted by atomic mass is 35.5. The fourth-order valence-corrected chi connectivity index (χ4v) is 4.30. The number of nitrogens with one attached hydrogen (secondary N) is 1. The molecule has 1 N–H and O–H groups in total. The van der Waals surface area contributed by atoms with E-state index in [4.69, 9.17) is 11.6 Å². The third-order valence-electron chi connectivity index (χ3n) is 5.55. The molecule has 2 aromatic rings. The van der Waals surface area contributed by atoms with Crippen molar-refractivity contribution in [1.82, 2.24) is 14.7 Å². The van der Waals surface area contributed by atoms with E-state index >= 15 is 0 Å². The van der Waals surface area contributed by atoms with Crippen molar-refractivity contribution in [2.45, 2.75) is 57.3 Å². The summed E-state index contributed by atoms with van der Waals surface area (Å²) < 4.78 is 40.6. The van der Waals surface area contributed by atoms with Crippen molar-refractivity contribution in [2.24, 2.45) is 0 Å². The lowest BCUT2D eigenvalue weighted by atomic mass is 10.1. The fourth-order valence-electron chi connectivity index (χ4n) is 3.91. The maximum Gasteiger partial charge on any atom is 0.436 e. The predicted molar refractivity (Wildman–Crippen MR) is 108 cm³/mol. The highest BCUT2D eigenvalue weighted by Crippen LogP contribution is 2.46. The van der Waals surface area contributed by atoms with Crippen LogP contribution in [-0.4, -0.2) is 33.7 Å². The number of nitrogens with zero attached hydrogens (tertiary/aromatic N) is 3. The molecule has 1 aromatic heterocycles. The molecule has 4 rings (SSSR count). The molecular formula is C21H24ClF3N4O. The Bertz CT molecular complexity index is 900. The van der Waals surface area contributed by atoms with Gasteiger partial charge in [0.2, 0.25) is 5.91 Å². The Balaban J connectivity index is 1.40. The van der Waals surface area contributed by atoms with Gasteiger partial charge in [-0.3, -0.25) is 14.4 Å². The van der Waals surface area contributed by atoms with Crippen LogP contribution in [0.25, 0.3) is 0 Å². The van der Waals surface area contributed by atoms with Gasteiger partial charge in [0.05, 0.1) is 10.7 Å². The Morgan fingerprint density at radius 3 is 2.40 bits per heavy atom. The number of carbonyl (C=O) groups is 1. The van der Waals surface area contributed by atoms with Crippen molar-refractivity contribution in [2.75, 3.05) is 18.4 Å². The van der Waals surface area contributed by atoms with Gasteiger partial charge in [0.25, 0.3) is 0 Å². The summed E-state index contributed by atoms with van der Waals surface area (Å²) in [5.74, 6) is -0.503. The average Bonchev–Trinajstić information content (AvgIpc) is 3.47. The summed E-state index contributed by atoms with van der Waals surface area (Å²) in [5, 5.41) is 5.94. The van der Waals surface area contributed by atoms with E-state index < -0.39 is 17.8 Å². The number of aromatic nitrogens is 2. The maximum absolute atomic E-state index is 13.2. The maximum atomic E-state index is 13.2. The summed E-state index contributed by atoms with van der Waals surface area (Å²) >= 11 is 5.95. The third kappa shape index (κ3) is 4.98. The number of anilines is 1. The van der Waals surface area contributed by atoms with Crippen molar-refractivity contribution < 1.29 is 18.0 Å². The van der Waals surface area contributed by atoms with E-state index in [1.807, 2.05) is 24.3 Å². The van der Waals surface area contributed by atoms with Crippen LogP contribution in [0.5, 0.6) is 0 Å². The first-order valence-electron chi connectivity index (χ1n) is 10.3. The number of amides is 1. The topological polar surface area (TPSA) is 50.2 Å². The van der Waals surface area contributed by atoms with Gasteiger partial charge in [0, 0.05) is 18.2 Å². The molecule has 2 heterocycles. The highest BCUT2D eigenvalue weighted by Gasteiger charge is 2.42. The van der Waals surface area contributed by atoms with Gasteiger partial charge in [-0.15, -0.1) is 0 Å². The minimum atomic E-state index is -4.65. The zero-order valence-corrected chi connectivity index (χ0v) is 17.3. The summed E-state index contributed by atoms with van der Waals surface area (Å²) in [6, 6.07) is 7.56. The van der Waals surface area contributed by atoms with Crippen molar-refractivity contribution in [3.63, 3.8) is 0 Å². The van der Waals surface area contributed by atoms with E-state index in [0.717, 1.165) is 37.2 Å². The Kier molecular flexibility index (Phi) is 6.06. The Labute approximate surface area is 178 Å². The van der Waals surface area contributed by atoms with E-state index in [1.165, 1.54) is 24.8 Å². The quantitative estimate of drug-likeness (QED) is 0.683. The van der Waals surface area contributed by atoms with Crippen LogP contribution in [0.15, 0.2) is 24.3 Å². The SMILES string of the molecule is O=C(Cn1nc(C(F)(F)F)c(Cl)c1C1CC1)Nc1ccc(CN2CCCCC2)cc1. The van der Waals surface area contributed by atoms with E-state index in [2.05, 4.69) is 15.3 Å². The standard InChI is InChI=1S/C21H24ClF3N4O/c22-18-19(15-6-7-15)29(27-20(18)21(23,24)25)13-17(30)26-16-8-4-14(5-9-16)12-28-10-2-1-3-11-28/h4-5,8-9,15H,1-3,6-7,10-13H2,(H,26,30).